The van der Waals surface area contributed by atoms with Gasteiger partial charge in [-0.2, -0.15) is 0 Å². The van der Waals surface area contributed by atoms with E-state index in [0.29, 0.717) is 11.2 Å². The molecule has 0 amide bonds. The third kappa shape index (κ3) is 1.50. The molecule has 2 atom stereocenters. The van der Waals surface area contributed by atoms with Gasteiger partial charge in [-0.15, -0.1) is 11.8 Å². The van der Waals surface area contributed by atoms with Crippen LogP contribution in [0.4, 0.5) is 0 Å². The first-order valence-corrected chi connectivity index (χ1v) is 6.76. The standard InChI is InChI=1S/C12H8SSi2/c14-7-4-5-9-8(6-7)12-10(13-9)2-1-3-11(12)15/h1-6,10,12H. The second-order valence-corrected chi connectivity index (χ2v) is 6.19. The summed E-state index contributed by atoms with van der Waals surface area (Å²) in [4.78, 5) is 1.41. The van der Waals surface area contributed by atoms with E-state index in [1.807, 2.05) is 11.8 Å². The van der Waals surface area contributed by atoms with Crippen molar-refractivity contribution in [1.29, 1.82) is 0 Å². The highest BCUT2D eigenvalue weighted by molar-refractivity contribution is 8.00. The molecule has 1 aromatic carbocycles. The van der Waals surface area contributed by atoms with Crippen molar-refractivity contribution >= 4 is 37.4 Å². The average Bonchev–Trinajstić information content (AvgIpc) is 2.57. The van der Waals surface area contributed by atoms with Crippen LogP contribution in [0.1, 0.15) is 11.5 Å². The summed E-state index contributed by atoms with van der Waals surface area (Å²) in [5.74, 6) is 0.503. The summed E-state index contributed by atoms with van der Waals surface area (Å²) < 4.78 is 0. The lowest BCUT2D eigenvalue weighted by molar-refractivity contribution is 0.865. The van der Waals surface area contributed by atoms with Crippen LogP contribution < -0.4 is 5.19 Å². The van der Waals surface area contributed by atoms with Crippen molar-refractivity contribution in [2.45, 2.75) is 16.1 Å². The molecule has 0 N–H and O–H groups in total. The normalized spacial score (nSPS) is 27.2. The zero-order chi connectivity index (χ0) is 10.4. The van der Waals surface area contributed by atoms with Crippen molar-refractivity contribution in [3.05, 3.63) is 47.2 Å². The Hall–Kier alpha value is -0.516. The molecular formula is C12H8SSi2. The maximum atomic E-state index is 3.72. The summed E-state index contributed by atoms with van der Waals surface area (Å²) >= 11 is 1.95. The zero-order valence-electron chi connectivity index (χ0n) is 8.03. The van der Waals surface area contributed by atoms with Crippen molar-refractivity contribution in [3.63, 3.8) is 0 Å². The predicted molar refractivity (Wildman–Crippen MR) is 67.2 cm³/mol. The van der Waals surface area contributed by atoms with Gasteiger partial charge in [-0.05, 0) is 11.6 Å². The maximum absolute atomic E-state index is 3.72. The van der Waals surface area contributed by atoms with Crippen LogP contribution in [0.25, 0.3) is 0 Å². The molecule has 0 saturated heterocycles. The van der Waals surface area contributed by atoms with Crippen LogP contribution in [0.15, 0.2) is 46.5 Å². The van der Waals surface area contributed by atoms with Gasteiger partial charge in [0.15, 0.2) is 0 Å². The molecule has 2 unspecified atom stereocenters. The SMILES string of the molecule is [Si]C1=CC=CC2Sc3ccc([Si])cc3C12. The number of allylic oxidation sites excluding steroid dienone is 3. The van der Waals surface area contributed by atoms with Crippen LogP contribution in [0.3, 0.4) is 0 Å². The summed E-state index contributed by atoms with van der Waals surface area (Å²) in [7, 11) is 7.31. The number of hydrogen-bond donors (Lipinski definition) is 0. The van der Waals surface area contributed by atoms with Gasteiger partial charge < -0.3 is 0 Å². The Kier molecular flexibility index (Phi) is 2.26. The van der Waals surface area contributed by atoms with Crippen LogP contribution in [-0.4, -0.2) is 25.7 Å². The average molecular weight is 240 g/mol. The Bertz CT molecular complexity index is 477. The molecule has 0 bridgehead atoms. The lowest BCUT2D eigenvalue weighted by Crippen LogP contribution is -2.14. The molecule has 0 spiro atoms. The first-order chi connectivity index (χ1) is 7.25. The molecule has 0 fully saturated rings. The second kappa shape index (κ2) is 3.51. The van der Waals surface area contributed by atoms with Gasteiger partial charge in [-0.1, -0.05) is 40.7 Å². The molecule has 0 nitrogen and oxygen atoms in total. The van der Waals surface area contributed by atoms with E-state index in [0.717, 1.165) is 5.19 Å². The fourth-order valence-electron chi connectivity index (χ4n) is 2.16. The Morgan fingerprint density at radius 2 is 2.07 bits per heavy atom. The van der Waals surface area contributed by atoms with E-state index in [2.05, 4.69) is 56.9 Å². The molecule has 3 heteroatoms. The van der Waals surface area contributed by atoms with Gasteiger partial charge in [-0.25, -0.2) is 0 Å². The van der Waals surface area contributed by atoms with Crippen LogP contribution in [-0.2, 0) is 0 Å². The molecular weight excluding hydrogens is 232 g/mol. The van der Waals surface area contributed by atoms with Gasteiger partial charge >= 0.3 is 0 Å². The van der Waals surface area contributed by atoms with E-state index in [1.165, 1.54) is 15.7 Å². The molecule has 15 heavy (non-hydrogen) atoms. The lowest BCUT2D eigenvalue weighted by Gasteiger charge is -2.20. The maximum Gasteiger partial charge on any atom is 0.0711 e. The van der Waals surface area contributed by atoms with E-state index in [1.54, 1.807) is 0 Å². The molecule has 1 aliphatic heterocycles. The summed E-state index contributed by atoms with van der Waals surface area (Å²) in [6.45, 7) is 0. The third-order valence-corrected chi connectivity index (χ3v) is 4.96. The minimum atomic E-state index is 0.503. The summed E-state index contributed by atoms with van der Waals surface area (Å²) in [6.07, 6.45) is 6.57. The molecule has 3 rings (SSSR count). The van der Waals surface area contributed by atoms with E-state index in [-0.39, 0.29) is 0 Å². The van der Waals surface area contributed by atoms with Crippen molar-refractivity contribution in [3.8, 4) is 0 Å². The Morgan fingerprint density at radius 1 is 1.20 bits per heavy atom. The first kappa shape index (κ1) is 9.69. The minimum absolute atomic E-state index is 0.503. The van der Waals surface area contributed by atoms with Gasteiger partial charge in [0.2, 0.25) is 0 Å². The first-order valence-electron chi connectivity index (χ1n) is 4.88. The van der Waals surface area contributed by atoms with Crippen molar-refractivity contribution in [2.24, 2.45) is 0 Å². The largest absolute Gasteiger partial charge is 0.117 e. The highest BCUT2D eigenvalue weighted by atomic mass is 32.2. The number of rotatable bonds is 0. The quantitative estimate of drug-likeness (QED) is 0.622. The van der Waals surface area contributed by atoms with Crippen LogP contribution in [0.5, 0.6) is 0 Å². The van der Waals surface area contributed by atoms with Crippen molar-refractivity contribution in [1.82, 2.24) is 0 Å². The molecule has 0 aromatic heterocycles. The summed E-state index contributed by atoms with van der Waals surface area (Å²) in [5, 5.41) is 3.00. The number of benzene rings is 1. The summed E-state index contributed by atoms with van der Waals surface area (Å²) in [5.41, 5.74) is 1.43. The van der Waals surface area contributed by atoms with Crippen molar-refractivity contribution in [2.75, 3.05) is 0 Å². The van der Waals surface area contributed by atoms with Crippen LogP contribution in [0, 0.1) is 0 Å². The molecule has 1 heterocycles. The van der Waals surface area contributed by atoms with Gasteiger partial charge in [0, 0.05) is 16.1 Å². The highest BCUT2D eigenvalue weighted by Crippen LogP contribution is 2.49. The monoisotopic (exact) mass is 240 g/mol. The Labute approximate surface area is 101 Å². The van der Waals surface area contributed by atoms with Crippen molar-refractivity contribution < 1.29 is 0 Å². The van der Waals surface area contributed by atoms with E-state index >= 15 is 0 Å². The van der Waals surface area contributed by atoms with E-state index in [4.69, 9.17) is 0 Å². The van der Waals surface area contributed by atoms with Gasteiger partial charge in [-0.3, -0.25) is 0 Å². The summed E-state index contributed by atoms with van der Waals surface area (Å²) in [6, 6.07) is 6.55. The Morgan fingerprint density at radius 3 is 2.93 bits per heavy atom. The molecule has 1 aromatic rings. The number of fused-ring (bicyclic) bond motifs is 3. The topological polar surface area (TPSA) is 0 Å². The van der Waals surface area contributed by atoms with Gasteiger partial charge in [0.1, 0.15) is 0 Å². The van der Waals surface area contributed by atoms with Crippen LogP contribution in [0.2, 0.25) is 0 Å². The molecule has 1 aliphatic carbocycles. The number of thioether (sulfide) groups is 1. The van der Waals surface area contributed by atoms with Gasteiger partial charge in [0.05, 0.1) is 20.5 Å². The fraction of sp³-hybridized carbons (Fsp3) is 0.167. The third-order valence-electron chi connectivity index (χ3n) is 2.85. The highest BCUT2D eigenvalue weighted by Gasteiger charge is 2.33. The lowest BCUT2D eigenvalue weighted by atomic mass is 9.92. The van der Waals surface area contributed by atoms with Crippen LogP contribution >= 0.6 is 11.8 Å². The van der Waals surface area contributed by atoms with E-state index < -0.39 is 0 Å². The molecule has 0 saturated carbocycles. The molecule has 2 aliphatic rings. The fourth-order valence-corrected chi connectivity index (χ4v) is 4.31. The smallest absolute Gasteiger partial charge is 0.0711 e. The predicted octanol–water partition coefficient (Wildman–Crippen LogP) is 1.66. The number of hydrogen-bond acceptors (Lipinski definition) is 1. The van der Waals surface area contributed by atoms with Gasteiger partial charge in [0.25, 0.3) is 0 Å². The molecule has 70 valence electrons. The molecule has 6 radical (unpaired) electrons. The van der Waals surface area contributed by atoms with E-state index in [9.17, 15) is 0 Å². The second-order valence-electron chi connectivity index (χ2n) is 3.82. The Balaban J connectivity index is 2.14. The zero-order valence-corrected chi connectivity index (χ0v) is 10.8. The minimum Gasteiger partial charge on any atom is -0.117 e.